The maximum atomic E-state index is 6.32. The fraction of sp³-hybridized carbons (Fsp3) is 0.438. The number of nitrogens with one attached hydrogen (secondary N) is 1. The Morgan fingerprint density at radius 3 is 2.48 bits per heavy atom. The summed E-state index contributed by atoms with van der Waals surface area (Å²) in [5, 5.41) is 8.80. The van der Waals surface area contributed by atoms with Crippen LogP contribution in [0, 0.1) is 13.8 Å². The summed E-state index contributed by atoms with van der Waals surface area (Å²) < 4.78 is 1.92. The predicted molar refractivity (Wildman–Crippen MR) is 90.5 cm³/mol. The number of halogens is 1. The number of hydrogen-bond donors (Lipinski definition) is 1. The first kappa shape index (κ1) is 15.7. The van der Waals surface area contributed by atoms with Crippen molar-refractivity contribution in [1.29, 1.82) is 0 Å². The second-order valence-electron chi connectivity index (χ2n) is 5.60. The predicted octanol–water partition coefficient (Wildman–Crippen LogP) is 3.93. The van der Waals surface area contributed by atoms with E-state index in [2.05, 4.69) is 30.3 Å². The standard InChI is InChI=1S/C16H23ClN4/c1-10(15-11(2)19-21(6)12(15)3)18-14-9-7-8-13(17)16(14)20(4)5/h7-10,18H,1-6H3. The van der Waals surface area contributed by atoms with Gasteiger partial charge in [0.1, 0.15) is 0 Å². The minimum absolute atomic E-state index is 0.163. The highest BCUT2D eigenvalue weighted by atomic mass is 35.5. The van der Waals surface area contributed by atoms with Crippen molar-refractivity contribution in [2.24, 2.45) is 7.05 Å². The van der Waals surface area contributed by atoms with Crippen LogP contribution in [0.15, 0.2) is 18.2 Å². The fourth-order valence-electron chi connectivity index (χ4n) is 2.81. The molecular weight excluding hydrogens is 284 g/mol. The van der Waals surface area contributed by atoms with Crippen molar-refractivity contribution in [1.82, 2.24) is 9.78 Å². The van der Waals surface area contributed by atoms with Crippen LogP contribution in [0.1, 0.15) is 29.9 Å². The Kier molecular flexibility index (Phi) is 4.47. The van der Waals surface area contributed by atoms with Gasteiger partial charge in [-0.25, -0.2) is 0 Å². The van der Waals surface area contributed by atoms with E-state index in [0.717, 1.165) is 22.1 Å². The normalized spacial score (nSPS) is 12.3. The molecule has 2 aromatic rings. The summed E-state index contributed by atoms with van der Waals surface area (Å²) in [6, 6.07) is 6.09. The molecule has 0 radical (unpaired) electrons. The average Bonchev–Trinajstić information content (AvgIpc) is 2.62. The zero-order valence-electron chi connectivity index (χ0n) is 13.5. The van der Waals surface area contributed by atoms with Crippen LogP contribution in [0.5, 0.6) is 0 Å². The number of rotatable bonds is 4. The lowest BCUT2D eigenvalue weighted by Crippen LogP contribution is -2.15. The van der Waals surface area contributed by atoms with E-state index in [0.29, 0.717) is 0 Å². The first-order chi connectivity index (χ1) is 9.82. The zero-order chi connectivity index (χ0) is 15.7. The second kappa shape index (κ2) is 5.98. The quantitative estimate of drug-likeness (QED) is 0.929. The van der Waals surface area contributed by atoms with Gasteiger partial charge in [-0.05, 0) is 32.9 Å². The van der Waals surface area contributed by atoms with Crippen LogP contribution in [0.25, 0.3) is 0 Å². The van der Waals surface area contributed by atoms with E-state index in [-0.39, 0.29) is 6.04 Å². The van der Waals surface area contributed by atoms with E-state index in [4.69, 9.17) is 11.6 Å². The van der Waals surface area contributed by atoms with Crippen LogP contribution in [0.3, 0.4) is 0 Å². The summed E-state index contributed by atoms with van der Waals surface area (Å²) in [6.07, 6.45) is 0. The zero-order valence-corrected chi connectivity index (χ0v) is 14.3. The van der Waals surface area contributed by atoms with Crippen molar-refractivity contribution in [3.8, 4) is 0 Å². The lowest BCUT2D eigenvalue weighted by Gasteiger charge is -2.23. The topological polar surface area (TPSA) is 33.1 Å². The van der Waals surface area contributed by atoms with Gasteiger partial charge in [0.2, 0.25) is 0 Å². The molecule has 4 nitrogen and oxygen atoms in total. The largest absolute Gasteiger partial charge is 0.377 e. The van der Waals surface area contributed by atoms with Gasteiger partial charge in [0.15, 0.2) is 0 Å². The third-order valence-corrected chi connectivity index (χ3v) is 4.11. The number of anilines is 2. The van der Waals surface area contributed by atoms with Gasteiger partial charge in [-0.1, -0.05) is 17.7 Å². The molecule has 0 aliphatic heterocycles. The van der Waals surface area contributed by atoms with Gasteiger partial charge in [0, 0.05) is 32.4 Å². The molecule has 0 fully saturated rings. The smallest absolute Gasteiger partial charge is 0.0786 e. The number of aromatic nitrogens is 2. The molecular formula is C16H23ClN4. The third-order valence-electron chi connectivity index (χ3n) is 3.80. The molecule has 0 bridgehead atoms. The fourth-order valence-corrected chi connectivity index (χ4v) is 3.15. The average molecular weight is 307 g/mol. The first-order valence-corrected chi connectivity index (χ1v) is 7.43. The molecule has 0 aliphatic carbocycles. The summed E-state index contributed by atoms with van der Waals surface area (Å²) in [6.45, 7) is 6.29. The maximum Gasteiger partial charge on any atom is 0.0786 e. The van der Waals surface area contributed by atoms with Crippen LogP contribution in [-0.4, -0.2) is 23.9 Å². The van der Waals surface area contributed by atoms with Crippen molar-refractivity contribution in [2.45, 2.75) is 26.8 Å². The Morgan fingerprint density at radius 2 is 1.95 bits per heavy atom. The second-order valence-corrected chi connectivity index (χ2v) is 6.01. The molecule has 1 heterocycles. The molecule has 0 saturated carbocycles. The third kappa shape index (κ3) is 3.00. The molecule has 0 saturated heterocycles. The van der Waals surface area contributed by atoms with E-state index in [1.807, 2.05) is 49.8 Å². The highest BCUT2D eigenvalue weighted by Gasteiger charge is 2.18. The van der Waals surface area contributed by atoms with Crippen molar-refractivity contribution in [3.63, 3.8) is 0 Å². The van der Waals surface area contributed by atoms with Gasteiger partial charge in [-0.2, -0.15) is 5.10 Å². The minimum Gasteiger partial charge on any atom is -0.377 e. The molecule has 2 rings (SSSR count). The number of nitrogens with zero attached hydrogens (tertiary/aromatic N) is 3. The number of aryl methyl sites for hydroxylation is 2. The van der Waals surface area contributed by atoms with Crippen LogP contribution in [0.2, 0.25) is 5.02 Å². The molecule has 1 aromatic heterocycles. The van der Waals surface area contributed by atoms with Gasteiger partial charge in [0.25, 0.3) is 0 Å². The number of hydrogen-bond acceptors (Lipinski definition) is 3. The lowest BCUT2D eigenvalue weighted by molar-refractivity contribution is 0.728. The minimum atomic E-state index is 0.163. The molecule has 0 aliphatic rings. The Balaban J connectivity index is 2.36. The molecule has 1 atom stereocenters. The molecule has 114 valence electrons. The van der Waals surface area contributed by atoms with Crippen molar-refractivity contribution < 1.29 is 0 Å². The van der Waals surface area contributed by atoms with Crippen LogP contribution < -0.4 is 10.2 Å². The van der Waals surface area contributed by atoms with Gasteiger partial charge >= 0.3 is 0 Å². The van der Waals surface area contributed by atoms with E-state index >= 15 is 0 Å². The van der Waals surface area contributed by atoms with Crippen molar-refractivity contribution in [3.05, 3.63) is 40.2 Å². The van der Waals surface area contributed by atoms with Gasteiger partial charge in [0.05, 0.1) is 28.1 Å². The van der Waals surface area contributed by atoms with Crippen molar-refractivity contribution >= 4 is 23.0 Å². The van der Waals surface area contributed by atoms with Crippen LogP contribution >= 0.6 is 11.6 Å². The van der Waals surface area contributed by atoms with Gasteiger partial charge in [-0.15, -0.1) is 0 Å². The van der Waals surface area contributed by atoms with Crippen molar-refractivity contribution in [2.75, 3.05) is 24.3 Å². The summed E-state index contributed by atoms with van der Waals surface area (Å²) in [7, 11) is 5.97. The number of benzene rings is 1. The number of para-hydroxylation sites is 1. The van der Waals surface area contributed by atoms with Gasteiger partial charge < -0.3 is 10.2 Å². The highest BCUT2D eigenvalue weighted by Crippen LogP contribution is 2.35. The Bertz CT molecular complexity index is 646. The lowest BCUT2D eigenvalue weighted by atomic mass is 10.1. The molecule has 1 unspecified atom stereocenters. The van der Waals surface area contributed by atoms with E-state index in [1.54, 1.807) is 0 Å². The van der Waals surface area contributed by atoms with E-state index in [9.17, 15) is 0 Å². The van der Waals surface area contributed by atoms with E-state index in [1.165, 1.54) is 11.3 Å². The van der Waals surface area contributed by atoms with Gasteiger partial charge in [-0.3, -0.25) is 4.68 Å². The first-order valence-electron chi connectivity index (χ1n) is 7.05. The van der Waals surface area contributed by atoms with Crippen LogP contribution in [0.4, 0.5) is 11.4 Å². The summed E-state index contributed by atoms with van der Waals surface area (Å²) in [5.74, 6) is 0. The monoisotopic (exact) mass is 306 g/mol. The van der Waals surface area contributed by atoms with Crippen LogP contribution in [-0.2, 0) is 7.05 Å². The molecule has 0 amide bonds. The molecule has 1 N–H and O–H groups in total. The highest BCUT2D eigenvalue weighted by molar-refractivity contribution is 6.34. The SMILES string of the molecule is Cc1nn(C)c(C)c1C(C)Nc1cccc(Cl)c1N(C)C. The maximum absolute atomic E-state index is 6.32. The molecule has 5 heteroatoms. The summed E-state index contributed by atoms with van der Waals surface area (Å²) >= 11 is 6.32. The summed E-state index contributed by atoms with van der Waals surface area (Å²) in [5.41, 5.74) is 5.51. The molecule has 1 aromatic carbocycles. The Morgan fingerprint density at radius 1 is 1.29 bits per heavy atom. The van der Waals surface area contributed by atoms with E-state index < -0.39 is 0 Å². The molecule has 21 heavy (non-hydrogen) atoms. The summed E-state index contributed by atoms with van der Waals surface area (Å²) in [4.78, 5) is 2.03. The molecule has 0 spiro atoms. The Hall–Kier alpha value is -1.68. The Labute approximate surface area is 131 Å².